The van der Waals surface area contributed by atoms with Crippen LogP contribution >= 0.6 is 11.3 Å². The average molecular weight is 432 g/mol. The van der Waals surface area contributed by atoms with Crippen molar-refractivity contribution in [2.45, 2.75) is 33.9 Å². The number of nitrogens with one attached hydrogen (secondary N) is 2. The van der Waals surface area contributed by atoms with E-state index in [1.54, 1.807) is 51.1 Å². The molecule has 1 heterocycles. The van der Waals surface area contributed by atoms with Crippen LogP contribution in [0, 0.1) is 6.92 Å². The summed E-state index contributed by atoms with van der Waals surface area (Å²) < 4.78 is 10.0. The normalized spacial score (nSPS) is 11.3. The van der Waals surface area contributed by atoms with Crippen LogP contribution in [0.2, 0.25) is 0 Å². The topological polar surface area (TPSA) is 111 Å². The Hall–Kier alpha value is -3.20. The van der Waals surface area contributed by atoms with E-state index >= 15 is 0 Å². The second kappa shape index (κ2) is 10.5. The largest absolute Gasteiger partial charge is 0.462 e. The van der Waals surface area contributed by atoms with Crippen LogP contribution < -0.4 is 10.6 Å². The van der Waals surface area contributed by atoms with E-state index in [9.17, 15) is 19.2 Å². The fourth-order valence-electron chi connectivity index (χ4n) is 2.76. The number of alkyl carbamates (subject to hydrolysis) is 1. The van der Waals surface area contributed by atoms with Crippen LogP contribution in [0.3, 0.4) is 0 Å². The molecular formula is C21H24N2O6S. The summed E-state index contributed by atoms with van der Waals surface area (Å²) in [5, 5.41) is 5.62. The monoisotopic (exact) mass is 432 g/mol. The molecule has 0 aliphatic carbocycles. The lowest BCUT2D eigenvalue weighted by Crippen LogP contribution is -2.46. The fraction of sp³-hybridized carbons (Fsp3) is 0.333. The predicted octanol–water partition coefficient (Wildman–Crippen LogP) is 3.80. The first kappa shape index (κ1) is 23.1. The van der Waals surface area contributed by atoms with Crippen molar-refractivity contribution in [2.75, 3.05) is 18.5 Å². The smallest absolute Gasteiger partial charge is 0.409 e. The first-order valence-electron chi connectivity index (χ1n) is 9.40. The zero-order valence-electron chi connectivity index (χ0n) is 17.2. The summed E-state index contributed by atoms with van der Waals surface area (Å²) in [5.41, 5.74) is 0.962. The highest BCUT2D eigenvalue weighted by Crippen LogP contribution is 2.34. The molecule has 0 radical (unpaired) electrons. The standard InChI is InChI=1S/C21H24N2O6S/c1-5-28-20(26)15-12(3)17(13(4)24)30-19(15)22-18(23-21(27)29-6-2)16(25)14-10-8-7-9-11-14/h7-11,18,22H,5-6H2,1-4H3,(H,23,27)/t18-/m0/s1. The maximum Gasteiger partial charge on any atom is 0.409 e. The molecule has 0 saturated heterocycles. The number of rotatable bonds is 9. The van der Waals surface area contributed by atoms with E-state index in [0.717, 1.165) is 11.3 Å². The average Bonchev–Trinajstić information content (AvgIpc) is 3.04. The van der Waals surface area contributed by atoms with Crippen molar-refractivity contribution < 1.29 is 28.7 Å². The van der Waals surface area contributed by atoms with E-state index in [1.165, 1.54) is 6.92 Å². The van der Waals surface area contributed by atoms with Crippen molar-refractivity contribution in [3.05, 3.63) is 51.9 Å². The van der Waals surface area contributed by atoms with Crippen molar-refractivity contribution in [1.82, 2.24) is 5.32 Å². The first-order chi connectivity index (χ1) is 14.3. The Balaban J connectivity index is 2.46. The second-order valence-corrected chi connectivity index (χ2v) is 7.23. The number of anilines is 1. The van der Waals surface area contributed by atoms with Gasteiger partial charge in [0.1, 0.15) is 5.00 Å². The third-order valence-corrected chi connectivity index (χ3v) is 5.40. The molecule has 1 amide bonds. The van der Waals surface area contributed by atoms with E-state index in [4.69, 9.17) is 9.47 Å². The van der Waals surface area contributed by atoms with Crippen LogP contribution in [0.15, 0.2) is 30.3 Å². The molecule has 0 fully saturated rings. The lowest BCUT2D eigenvalue weighted by Gasteiger charge is -2.20. The van der Waals surface area contributed by atoms with Gasteiger partial charge in [-0.3, -0.25) is 14.9 Å². The van der Waals surface area contributed by atoms with E-state index < -0.39 is 24.0 Å². The molecule has 0 aliphatic heterocycles. The third kappa shape index (κ3) is 5.44. The predicted molar refractivity (Wildman–Crippen MR) is 113 cm³/mol. The lowest BCUT2D eigenvalue weighted by atomic mass is 10.1. The van der Waals surface area contributed by atoms with Gasteiger partial charge < -0.3 is 14.8 Å². The van der Waals surface area contributed by atoms with Crippen LogP contribution in [-0.2, 0) is 9.47 Å². The van der Waals surface area contributed by atoms with Crippen molar-refractivity contribution in [3.8, 4) is 0 Å². The Labute approximate surface area is 178 Å². The van der Waals surface area contributed by atoms with Crippen LogP contribution in [0.4, 0.5) is 9.80 Å². The molecule has 0 saturated carbocycles. The number of ether oxygens (including phenoxy) is 2. The lowest BCUT2D eigenvalue weighted by molar-refractivity contribution is 0.0527. The number of carbonyl (C=O) groups is 4. The van der Waals surface area contributed by atoms with Gasteiger partial charge in [0, 0.05) is 5.56 Å². The minimum absolute atomic E-state index is 0.124. The Morgan fingerprint density at radius 2 is 1.67 bits per heavy atom. The summed E-state index contributed by atoms with van der Waals surface area (Å²) in [6, 6.07) is 8.37. The van der Waals surface area contributed by atoms with E-state index in [0.29, 0.717) is 16.0 Å². The number of hydrogen-bond acceptors (Lipinski definition) is 8. The zero-order chi connectivity index (χ0) is 22.3. The molecule has 0 spiro atoms. The molecule has 1 atom stereocenters. The SMILES string of the molecule is CCOC(=O)N[C@H](Nc1sc(C(C)=O)c(C)c1C(=O)OCC)C(=O)c1ccccc1. The maximum absolute atomic E-state index is 13.0. The number of amides is 1. The molecule has 1 aromatic carbocycles. The fourth-order valence-corrected chi connectivity index (χ4v) is 3.88. The molecule has 9 heteroatoms. The van der Waals surface area contributed by atoms with E-state index in [1.807, 2.05) is 0 Å². The van der Waals surface area contributed by atoms with Crippen molar-refractivity contribution in [1.29, 1.82) is 0 Å². The van der Waals surface area contributed by atoms with Gasteiger partial charge in [-0.05, 0) is 33.3 Å². The second-order valence-electron chi connectivity index (χ2n) is 6.21. The van der Waals surface area contributed by atoms with Crippen LogP contribution in [0.5, 0.6) is 0 Å². The molecule has 160 valence electrons. The van der Waals surface area contributed by atoms with Gasteiger partial charge in [0.15, 0.2) is 11.9 Å². The van der Waals surface area contributed by atoms with Crippen LogP contribution in [0.1, 0.15) is 56.7 Å². The molecule has 2 rings (SSSR count). The molecule has 2 N–H and O–H groups in total. The van der Waals surface area contributed by atoms with Crippen molar-refractivity contribution >= 4 is 40.0 Å². The first-order valence-corrected chi connectivity index (χ1v) is 10.2. The zero-order valence-corrected chi connectivity index (χ0v) is 18.1. The van der Waals surface area contributed by atoms with Gasteiger partial charge in [0.05, 0.1) is 23.7 Å². The highest BCUT2D eigenvalue weighted by molar-refractivity contribution is 7.18. The van der Waals surface area contributed by atoms with Gasteiger partial charge in [-0.2, -0.15) is 0 Å². The Bertz CT molecular complexity index is 938. The molecule has 0 unspecified atom stereocenters. The molecule has 0 aliphatic rings. The summed E-state index contributed by atoms with van der Waals surface area (Å²) in [7, 11) is 0. The van der Waals surface area contributed by atoms with Gasteiger partial charge in [0.2, 0.25) is 5.78 Å². The van der Waals surface area contributed by atoms with E-state index in [-0.39, 0.29) is 29.6 Å². The Morgan fingerprint density at radius 3 is 2.23 bits per heavy atom. The molecular weight excluding hydrogens is 408 g/mol. The number of ketones is 2. The van der Waals surface area contributed by atoms with Gasteiger partial charge >= 0.3 is 12.1 Å². The number of esters is 1. The number of benzene rings is 1. The number of carbonyl (C=O) groups excluding carboxylic acids is 4. The van der Waals surface area contributed by atoms with Crippen LogP contribution in [0.25, 0.3) is 0 Å². The number of Topliss-reactive ketones (excluding diaryl/α,β-unsaturated/α-hetero) is 2. The van der Waals surface area contributed by atoms with Crippen molar-refractivity contribution in [3.63, 3.8) is 0 Å². The van der Waals surface area contributed by atoms with Gasteiger partial charge in [-0.25, -0.2) is 9.59 Å². The molecule has 30 heavy (non-hydrogen) atoms. The Morgan fingerprint density at radius 1 is 1.03 bits per heavy atom. The highest BCUT2D eigenvalue weighted by Gasteiger charge is 2.29. The summed E-state index contributed by atoms with van der Waals surface area (Å²) in [6.45, 7) is 6.61. The minimum Gasteiger partial charge on any atom is -0.462 e. The molecule has 1 aromatic heterocycles. The molecule has 0 bridgehead atoms. The minimum atomic E-state index is -1.22. The quantitative estimate of drug-likeness (QED) is 0.352. The number of hydrogen-bond donors (Lipinski definition) is 2. The maximum atomic E-state index is 13.0. The summed E-state index contributed by atoms with van der Waals surface area (Å²) in [5.74, 6) is -1.28. The third-order valence-electron chi connectivity index (χ3n) is 4.08. The highest BCUT2D eigenvalue weighted by atomic mass is 32.1. The van der Waals surface area contributed by atoms with Crippen LogP contribution in [-0.4, -0.2) is 43.0 Å². The summed E-state index contributed by atoms with van der Waals surface area (Å²) in [4.78, 5) is 49.9. The van der Waals surface area contributed by atoms with Gasteiger partial charge in [-0.15, -0.1) is 11.3 Å². The van der Waals surface area contributed by atoms with Gasteiger partial charge in [-0.1, -0.05) is 30.3 Å². The van der Waals surface area contributed by atoms with E-state index in [2.05, 4.69) is 10.6 Å². The van der Waals surface area contributed by atoms with Gasteiger partial charge in [0.25, 0.3) is 0 Å². The summed E-state index contributed by atoms with van der Waals surface area (Å²) >= 11 is 1.02. The molecule has 2 aromatic rings. The number of thiophene rings is 1. The Kier molecular flexibility index (Phi) is 8.11. The summed E-state index contributed by atoms with van der Waals surface area (Å²) in [6.07, 6.45) is -2.02. The van der Waals surface area contributed by atoms with Crippen molar-refractivity contribution in [2.24, 2.45) is 0 Å². The molecule has 8 nitrogen and oxygen atoms in total.